The molecule has 1 fully saturated rings. The number of likely N-dealkylation sites (tertiary alicyclic amines) is 1. The molecule has 0 spiro atoms. The summed E-state index contributed by atoms with van der Waals surface area (Å²) in [7, 11) is 0. The number of fused-ring (bicyclic) bond motifs is 1. The van der Waals surface area contributed by atoms with Crippen molar-refractivity contribution in [3.63, 3.8) is 0 Å². The van der Waals surface area contributed by atoms with Crippen molar-refractivity contribution in [2.24, 2.45) is 11.8 Å². The second-order valence-corrected chi connectivity index (χ2v) is 6.96. The Morgan fingerprint density at radius 1 is 1.38 bits per heavy atom. The molecular formula is C18H25N3O3. The molecule has 1 aromatic carbocycles. The molecule has 1 N–H and O–H groups in total. The van der Waals surface area contributed by atoms with Crippen LogP contribution < -0.4 is 11.1 Å². The molecule has 0 saturated carbocycles. The van der Waals surface area contributed by atoms with E-state index in [1.54, 1.807) is 10.6 Å². The van der Waals surface area contributed by atoms with Crippen LogP contribution in [0.25, 0.3) is 11.1 Å². The molecule has 6 heteroatoms. The Morgan fingerprint density at radius 3 is 2.96 bits per heavy atom. The van der Waals surface area contributed by atoms with Crippen molar-refractivity contribution in [3.8, 4) is 0 Å². The molecule has 0 unspecified atom stereocenters. The van der Waals surface area contributed by atoms with Crippen LogP contribution >= 0.6 is 0 Å². The second-order valence-electron chi connectivity index (χ2n) is 6.96. The standard InChI is InChI=1S/C18H25N3O3/c1-13(2)10-19-17(22)14-6-5-9-20(11-14)12-21-15-7-3-4-8-16(15)24-18(21)23/h3-4,7-8,13-14H,5-6,9-12H2,1-2H3,(H,19,22)/t14-/m1/s1. The number of rotatable bonds is 5. The number of carbonyl (C=O) groups is 1. The molecule has 2 aromatic rings. The monoisotopic (exact) mass is 331 g/mol. The molecule has 2 heterocycles. The fourth-order valence-electron chi connectivity index (χ4n) is 3.19. The van der Waals surface area contributed by atoms with Gasteiger partial charge in [0.25, 0.3) is 0 Å². The van der Waals surface area contributed by atoms with E-state index in [1.165, 1.54) is 0 Å². The minimum absolute atomic E-state index is 0.00799. The summed E-state index contributed by atoms with van der Waals surface area (Å²) in [6, 6.07) is 7.43. The summed E-state index contributed by atoms with van der Waals surface area (Å²) in [6.07, 6.45) is 1.87. The molecule has 0 bridgehead atoms. The Morgan fingerprint density at radius 2 is 2.17 bits per heavy atom. The van der Waals surface area contributed by atoms with E-state index in [0.29, 0.717) is 31.3 Å². The zero-order chi connectivity index (χ0) is 17.1. The first-order valence-electron chi connectivity index (χ1n) is 8.63. The largest absolute Gasteiger partial charge is 0.421 e. The molecule has 1 saturated heterocycles. The van der Waals surface area contributed by atoms with Crippen molar-refractivity contribution in [1.82, 2.24) is 14.8 Å². The first kappa shape index (κ1) is 16.8. The minimum Gasteiger partial charge on any atom is -0.408 e. The predicted octanol–water partition coefficient (Wildman–Crippen LogP) is 2.04. The molecule has 3 rings (SSSR count). The summed E-state index contributed by atoms with van der Waals surface area (Å²) in [5.74, 6) is 0.219. The summed E-state index contributed by atoms with van der Waals surface area (Å²) < 4.78 is 6.92. The average molecular weight is 331 g/mol. The van der Waals surface area contributed by atoms with Crippen molar-refractivity contribution < 1.29 is 9.21 Å². The van der Waals surface area contributed by atoms with Gasteiger partial charge in [-0.25, -0.2) is 4.79 Å². The number of carbonyl (C=O) groups excluding carboxylic acids is 1. The molecule has 24 heavy (non-hydrogen) atoms. The van der Waals surface area contributed by atoms with Crippen molar-refractivity contribution in [2.45, 2.75) is 33.4 Å². The Bertz CT molecular complexity index is 762. The average Bonchev–Trinajstić information content (AvgIpc) is 2.89. The van der Waals surface area contributed by atoms with Crippen LogP contribution in [0.5, 0.6) is 0 Å². The number of oxazole rings is 1. The highest BCUT2D eigenvalue weighted by molar-refractivity contribution is 5.79. The lowest BCUT2D eigenvalue weighted by Crippen LogP contribution is -2.44. The van der Waals surface area contributed by atoms with Crippen molar-refractivity contribution in [1.29, 1.82) is 0 Å². The smallest absolute Gasteiger partial charge is 0.408 e. The number of amides is 1. The van der Waals surface area contributed by atoms with Crippen molar-refractivity contribution >= 4 is 17.0 Å². The highest BCUT2D eigenvalue weighted by Gasteiger charge is 2.26. The lowest BCUT2D eigenvalue weighted by atomic mass is 9.97. The van der Waals surface area contributed by atoms with Gasteiger partial charge >= 0.3 is 5.76 Å². The van der Waals surface area contributed by atoms with Gasteiger partial charge in [0.2, 0.25) is 5.91 Å². The lowest BCUT2D eigenvalue weighted by molar-refractivity contribution is -0.127. The van der Waals surface area contributed by atoms with E-state index < -0.39 is 0 Å². The van der Waals surface area contributed by atoms with Crippen molar-refractivity contribution in [2.75, 3.05) is 19.6 Å². The number of para-hydroxylation sites is 2. The van der Waals surface area contributed by atoms with Crippen LogP contribution in [0.15, 0.2) is 33.5 Å². The van der Waals surface area contributed by atoms with Gasteiger partial charge in [0, 0.05) is 13.1 Å². The first-order valence-corrected chi connectivity index (χ1v) is 8.63. The predicted molar refractivity (Wildman–Crippen MR) is 92.6 cm³/mol. The van der Waals surface area contributed by atoms with Gasteiger partial charge in [0.05, 0.1) is 18.1 Å². The number of aromatic nitrogens is 1. The van der Waals surface area contributed by atoms with E-state index in [9.17, 15) is 9.59 Å². The van der Waals surface area contributed by atoms with Crippen LogP contribution in [0.1, 0.15) is 26.7 Å². The van der Waals surface area contributed by atoms with E-state index >= 15 is 0 Å². The van der Waals surface area contributed by atoms with Crippen LogP contribution in [0.4, 0.5) is 0 Å². The summed E-state index contributed by atoms with van der Waals surface area (Å²) in [6.45, 7) is 6.91. The summed E-state index contributed by atoms with van der Waals surface area (Å²) in [5.41, 5.74) is 1.40. The maximum Gasteiger partial charge on any atom is 0.421 e. The Balaban J connectivity index is 1.68. The fourth-order valence-corrected chi connectivity index (χ4v) is 3.19. The summed E-state index contributed by atoms with van der Waals surface area (Å²) in [4.78, 5) is 26.6. The normalized spacial score (nSPS) is 19.0. The number of nitrogens with one attached hydrogen (secondary N) is 1. The van der Waals surface area contributed by atoms with Crippen LogP contribution in [0.3, 0.4) is 0 Å². The third-order valence-electron chi connectivity index (χ3n) is 4.48. The zero-order valence-corrected chi connectivity index (χ0v) is 14.3. The number of hydrogen-bond donors (Lipinski definition) is 1. The fraction of sp³-hybridized carbons (Fsp3) is 0.556. The maximum absolute atomic E-state index is 12.3. The third-order valence-corrected chi connectivity index (χ3v) is 4.48. The molecule has 0 aliphatic carbocycles. The Hall–Kier alpha value is -2.08. The van der Waals surface area contributed by atoms with E-state index in [-0.39, 0.29) is 17.6 Å². The molecule has 1 amide bonds. The van der Waals surface area contributed by atoms with E-state index in [1.807, 2.05) is 18.2 Å². The number of nitrogens with zero attached hydrogens (tertiary/aromatic N) is 2. The molecule has 130 valence electrons. The quantitative estimate of drug-likeness (QED) is 0.910. The highest BCUT2D eigenvalue weighted by Crippen LogP contribution is 2.19. The third kappa shape index (κ3) is 3.70. The second kappa shape index (κ2) is 7.21. The van der Waals surface area contributed by atoms with Gasteiger partial charge in [-0.2, -0.15) is 0 Å². The van der Waals surface area contributed by atoms with Gasteiger partial charge < -0.3 is 9.73 Å². The highest BCUT2D eigenvalue weighted by atomic mass is 16.4. The number of hydrogen-bond acceptors (Lipinski definition) is 4. The molecule has 6 nitrogen and oxygen atoms in total. The first-order chi connectivity index (χ1) is 11.5. The van der Waals surface area contributed by atoms with Crippen LogP contribution in [0.2, 0.25) is 0 Å². The van der Waals surface area contributed by atoms with Crippen LogP contribution in [-0.4, -0.2) is 35.0 Å². The van der Waals surface area contributed by atoms with Gasteiger partial charge in [-0.15, -0.1) is 0 Å². The molecule has 1 aliphatic heterocycles. The Kier molecular flexibility index (Phi) is 5.04. The van der Waals surface area contributed by atoms with E-state index in [2.05, 4.69) is 24.1 Å². The van der Waals surface area contributed by atoms with E-state index in [4.69, 9.17) is 4.42 Å². The van der Waals surface area contributed by atoms with Gasteiger partial charge in [0.15, 0.2) is 5.58 Å². The van der Waals surface area contributed by atoms with Gasteiger partial charge in [-0.1, -0.05) is 26.0 Å². The molecular weight excluding hydrogens is 306 g/mol. The van der Waals surface area contributed by atoms with Gasteiger partial charge in [-0.05, 0) is 37.4 Å². The topological polar surface area (TPSA) is 67.5 Å². The van der Waals surface area contributed by atoms with Gasteiger partial charge in [0.1, 0.15) is 0 Å². The molecule has 1 aromatic heterocycles. The maximum atomic E-state index is 12.3. The Labute approximate surface area is 141 Å². The number of piperidine rings is 1. The molecule has 0 radical (unpaired) electrons. The summed E-state index contributed by atoms with van der Waals surface area (Å²) in [5, 5.41) is 3.02. The van der Waals surface area contributed by atoms with Crippen LogP contribution in [-0.2, 0) is 11.5 Å². The molecule has 1 aliphatic rings. The SMILES string of the molecule is CC(C)CNC(=O)[C@@H]1CCCN(Cn2c(=O)oc3ccccc32)C1. The number of benzene rings is 1. The zero-order valence-electron chi connectivity index (χ0n) is 14.3. The molecule has 1 atom stereocenters. The van der Waals surface area contributed by atoms with Crippen LogP contribution in [0, 0.1) is 11.8 Å². The summed E-state index contributed by atoms with van der Waals surface area (Å²) >= 11 is 0. The minimum atomic E-state index is -0.345. The van der Waals surface area contributed by atoms with Crippen molar-refractivity contribution in [3.05, 3.63) is 34.8 Å². The van der Waals surface area contributed by atoms with E-state index in [0.717, 1.165) is 24.9 Å². The lowest BCUT2D eigenvalue weighted by Gasteiger charge is -2.32. The van der Waals surface area contributed by atoms with Gasteiger partial charge in [-0.3, -0.25) is 14.3 Å².